The first-order valence-electron chi connectivity index (χ1n) is 11.0. The number of fused-ring (bicyclic) bond motifs is 2. The highest BCUT2D eigenvalue weighted by atomic mass is 16.5. The van der Waals surface area contributed by atoms with Crippen molar-refractivity contribution in [3.05, 3.63) is 48.3 Å². The number of benzene rings is 2. The molecule has 33 heavy (non-hydrogen) atoms. The lowest BCUT2D eigenvalue weighted by Crippen LogP contribution is -2.54. The molecular formula is C24H27N7O2. The Hall–Kier alpha value is -3.72. The van der Waals surface area contributed by atoms with Crippen molar-refractivity contribution in [3.63, 3.8) is 0 Å². The molecule has 0 radical (unpaired) electrons. The molecule has 0 unspecified atom stereocenters. The number of nitrogens with zero attached hydrogens (tertiary/aromatic N) is 5. The number of amides is 1. The van der Waals surface area contributed by atoms with Gasteiger partial charge in [0.25, 0.3) is 5.91 Å². The van der Waals surface area contributed by atoms with Crippen LogP contribution in [0.2, 0.25) is 0 Å². The van der Waals surface area contributed by atoms with E-state index in [9.17, 15) is 4.79 Å². The van der Waals surface area contributed by atoms with Crippen molar-refractivity contribution in [2.24, 2.45) is 7.05 Å². The van der Waals surface area contributed by atoms with E-state index in [1.54, 1.807) is 10.9 Å². The molecule has 0 spiro atoms. The minimum atomic E-state index is -0.246. The number of carbonyl (C=O) groups is 1. The van der Waals surface area contributed by atoms with Crippen LogP contribution < -0.4 is 20.3 Å². The second kappa shape index (κ2) is 8.32. The second-order valence-corrected chi connectivity index (χ2v) is 8.66. The highest BCUT2D eigenvalue weighted by molar-refractivity contribution is 6.14. The Bertz CT molecular complexity index is 1340. The van der Waals surface area contributed by atoms with E-state index in [0.717, 1.165) is 35.1 Å². The Morgan fingerprint density at radius 2 is 1.97 bits per heavy atom. The number of piperazine rings is 1. The molecule has 2 atom stereocenters. The third kappa shape index (κ3) is 4.07. The standard InChI is InChI=1S/C24H27N7O2/c1-14-11-31(12-15(2)26-14)21-8-7-18(22-19(21)10-25-24(28-22)33-4)23(32)27-17-6-5-16-13-30(3)29-20(16)9-17/h5-10,13-15,26H,11-12H2,1-4H3,(H,27,32)/t14-,15-/m0/s1. The molecule has 1 saturated heterocycles. The van der Waals surface area contributed by atoms with Gasteiger partial charge in [-0.3, -0.25) is 9.48 Å². The second-order valence-electron chi connectivity index (χ2n) is 8.66. The van der Waals surface area contributed by atoms with Crippen LogP contribution in [0.5, 0.6) is 6.01 Å². The molecule has 9 nitrogen and oxygen atoms in total. The van der Waals surface area contributed by atoms with Crippen molar-refractivity contribution >= 4 is 39.1 Å². The van der Waals surface area contributed by atoms with Crippen LogP contribution in [0, 0.1) is 0 Å². The van der Waals surface area contributed by atoms with Crippen LogP contribution in [0.4, 0.5) is 11.4 Å². The smallest absolute Gasteiger partial charge is 0.316 e. The molecule has 2 N–H and O–H groups in total. The van der Waals surface area contributed by atoms with Gasteiger partial charge in [0.15, 0.2) is 0 Å². The predicted octanol–water partition coefficient (Wildman–Crippen LogP) is 2.96. The van der Waals surface area contributed by atoms with E-state index in [0.29, 0.717) is 28.9 Å². The molecule has 2 aromatic heterocycles. The van der Waals surface area contributed by atoms with E-state index in [2.05, 4.69) is 44.4 Å². The first-order valence-corrected chi connectivity index (χ1v) is 11.0. The summed E-state index contributed by atoms with van der Waals surface area (Å²) in [5, 5.41) is 12.8. The largest absolute Gasteiger partial charge is 0.467 e. The number of aromatic nitrogens is 4. The van der Waals surface area contributed by atoms with Gasteiger partial charge in [-0.15, -0.1) is 0 Å². The summed E-state index contributed by atoms with van der Waals surface area (Å²) >= 11 is 0. The molecule has 1 aliphatic heterocycles. The number of nitrogens with one attached hydrogen (secondary N) is 2. The molecule has 1 aliphatic rings. The van der Waals surface area contributed by atoms with Crippen molar-refractivity contribution in [2.75, 3.05) is 30.4 Å². The molecule has 0 saturated carbocycles. The van der Waals surface area contributed by atoms with Crippen molar-refractivity contribution in [3.8, 4) is 6.01 Å². The summed E-state index contributed by atoms with van der Waals surface area (Å²) in [6.07, 6.45) is 3.68. The summed E-state index contributed by atoms with van der Waals surface area (Å²) in [4.78, 5) is 24.5. The van der Waals surface area contributed by atoms with Gasteiger partial charge >= 0.3 is 6.01 Å². The maximum absolute atomic E-state index is 13.3. The van der Waals surface area contributed by atoms with Crippen LogP contribution in [-0.4, -0.2) is 57.9 Å². The fourth-order valence-electron chi connectivity index (χ4n) is 4.59. The Labute approximate surface area is 191 Å². The van der Waals surface area contributed by atoms with E-state index in [-0.39, 0.29) is 11.9 Å². The van der Waals surface area contributed by atoms with Crippen molar-refractivity contribution < 1.29 is 9.53 Å². The first kappa shape index (κ1) is 21.1. The van der Waals surface area contributed by atoms with E-state index in [4.69, 9.17) is 4.74 Å². The van der Waals surface area contributed by atoms with Gasteiger partial charge in [0.2, 0.25) is 0 Å². The average Bonchev–Trinajstić information content (AvgIpc) is 3.16. The van der Waals surface area contributed by atoms with Gasteiger partial charge < -0.3 is 20.3 Å². The van der Waals surface area contributed by atoms with Crippen LogP contribution in [0.1, 0.15) is 24.2 Å². The third-order valence-electron chi connectivity index (χ3n) is 5.91. The van der Waals surface area contributed by atoms with Crippen LogP contribution >= 0.6 is 0 Å². The molecule has 0 bridgehead atoms. The lowest BCUT2D eigenvalue weighted by atomic mass is 10.0. The highest BCUT2D eigenvalue weighted by Gasteiger charge is 2.24. The number of hydrogen-bond donors (Lipinski definition) is 2. The molecular weight excluding hydrogens is 418 g/mol. The number of ether oxygens (including phenoxy) is 1. The summed E-state index contributed by atoms with van der Waals surface area (Å²) in [5.74, 6) is -0.246. The predicted molar refractivity (Wildman–Crippen MR) is 129 cm³/mol. The van der Waals surface area contributed by atoms with E-state index < -0.39 is 0 Å². The van der Waals surface area contributed by atoms with Gasteiger partial charge in [0.1, 0.15) is 0 Å². The maximum atomic E-state index is 13.3. The van der Waals surface area contributed by atoms with Crippen LogP contribution in [0.15, 0.2) is 42.7 Å². The SMILES string of the molecule is COc1ncc2c(N3C[C@H](C)N[C@@H](C)C3)ccc(C(=O)Nc3ccc4cn(C)nc4c3)c2n1. The van der Waals surface area contributed by atoms with Crippen molar-refractivity contribution in [2.45, 2.75) is 25.9 Å². The fourth-order valence-corrected chi connectivity index (χ4v) is 4.59. The minimum absolute atomic E-state index is 0.227. The number of rotatable bonds is 4. The number of aryl methyl sites for hydroxylation is 1. The van der Waals surface area contributed by atoms with Crippen LogP contribution in [0.25, 0.3) is 21.8 Å². The normalized spacial score (nSPS) is 18.6. The maximum Gasteiger partial charge on any atom is 0.316 e. The summed E-state index contributed by atoms with van der Waals surface area (Å²) in [5.41, 5.74) is 3.54. The molecule has 5 rings (SSSR count). The number of hydrogen-bond acceptors (Lipinski definition) is 7. The summed E-state index contributed by atoms with van der Waals surface area (Å²) < 4.78 is 7.01. The van der Waals surface area contributed by atoms with Gasteiger partial charge in [-0.05, 0) is 44.2 Å². The van der Waals surface area contributed by atoms with Crippen molar-refractivity contribution in [1.29, 1.82) is 0 Å². The van der Waals surface area contributed by atoms with Crippen molar-refractivity contribution in [1.82, 2.24) is 25.1 Å². The summed E-state index contributed by atoms with van der Waals surface area (Å²) in [7, 11) is 3.39. The number of anilines is 2. The van der Waals surface area contributed by atoms with Crippen LogP contribution in [0.3, 0.4) is 0 Å². The molecule has 9 heteroatoms. The van der Waals surface area contributed by atoms with E-state index in [1.807, 2.05) is 43.6 Å². The molecule has 4 aromatic rings. The van der Waals surface area contributed by atoms with E-state index >= 15 is 0 Å². The fraction of sp³-hybridized carbons (Fsp3) is 0.333. The van der Waals surface area contributed by atoms with Gasteiger partial charge in [-0.25, -0.2) is 4.98 Å². The third-order valence-corrected chi connectivity index (χ3v) is 5.91. The molecule has 2 aromatic carbocycles. The number of carbonyl (C=O) groups excluding carboxylic acids is 1. The molecule has 3 heterocycles. The van der Waals surface area contributed by atoms with Gasteiger partial charge in [-0.1, -0.05) is 0 Å². The lowest BCUT2D eigenvalue weighted by Gasteiger charge is -2.38. The Balaban J connectivity index is 1.53. The molecule has 170 valence electrons. The zero-order valence-corrected chi connectivity index (χ0v) is 19.2. The quantitative estimate of drug-likeness (QED) is 0.498. The average molecular weight is 446 g/mol. The number of methoxy groups -OCH3 is 1. The first-order chi connectivity index (χ1) is 15.9. The zero-order chi connectivity index (χ0) is 23.1. The monoisotopic (exact) mass is 445 g/mol. The summed E-state index contributed by atoms with van der Waals surface area (Å²) in [6.45, 7) is 6.07. The van der Waals surface area contributed by atoms with Gasteiger partial charge in [-0.2, -0.15) is 10.1 Å². The molecule has 1 amide bonds. The highest BCUT2D eigenvalue weighted by Crippen LogP contribution is 2.31. The van der Waals surface area contributed by atoms with Gasteiger partial charge in [0.05, 0.1) is 23.7 Å². The Kier molecular flexibility index (Phi) is 5.33. The Morgan fingerprint density at radius 3 is 2.73 bits per heavy atom. The van der Waals surface area contributed by atoms with Gasteiger partial charge in [0, 0.05) is 66.8 Å². The molecule has 1 fully saturated rings. The topological polar surface area (TPSA) is 97.2 Å². The lowest BCUT2D eigenvalue weighted by molar-refractivity contribution is 0.102. The minimum Gasteiger partial charge on any atom is -0.467 e. The Morgan fingerprint density at radius 1 is 1.18 bits per heavy atom. The molecule has 0 aliphatic carbocycles. The van der Waals surface area contributed by atoms with Crippen LogP contribution in [-0.2, 0) is 7.05 Å². The zero-order valence-electron chi connectivity index (χ0n) is 19.2. The summed E-state index contributed by atoms with van der Waals surface area (Å²) in [6, 6.07) is 10.4. The van der Waals surface area contributed by atoms with E-state index in [1.165, 1.54) is 7.11 Å².